The first-order valence-corrected chi connectivity index (χ1v) is 12.6. The van der Waals surface area contributed by atoms with Gasteiger partial charge in [-0.1, -0.05) is 41.1 Å². The number of nitrogens with zero attached hydrogens (tertiary/aromatic N) is 3. The van der Waals surface area contributed by atoms with Crippen LogP contribution in [0.1, 0.15) is 29.9 Å². The Labute approximate surface area is 224 Å². The third-order valence-corrected chi connectivity index (χ3v) is 7.45. The predicted molar refractivity (Wildman–Crippen MR) is 143 cm³/mol. The maximum atomic E-state index is 13.6. The zero-order valence-corrected chi connectivity index (χ0v) is 22.0. The molecule has 0 saturated heterocycles. The number of carbonyl (C=O) groups excluding carboxylic acids is 1. The lowest BCUT2D eigenvalue weighted by molar-refractivity contribution is -0.384. The van der Waals surface area contributed by atoms with Crippen molar-refractivity contribution in [3.8, 4) is 11.3 Å². The molecule has 1 aliphatic heterocycles. The SMILES string of the molecule is COC(=O)C1=C(C)N=c2s/c(=C\c3ccc(-c4cc([N+](=O)[O-])ccc4C)o3)c(=O)n2[C@@H]1c1ccc(Cl)cc1. The van der Waals surface area contributed by atoms with Gasteiger partial charge >= 0.3 is 5.97 Å². The van der Waals surface area contributed by atoms with Gasteiger partial charge in [0.05, 0.1) is 33.9 Å². The number of methoxy groups -OCH3 is 1. The van der Waals surface area contributed by atoms with Crippen LogP contribution in [0.4, 0.5) is 5.69 Å². The molecule has 38 heavy (non-hydrogen) atoms. The van der Waals surface area contributed by atoms with Gasteiger partial charge in [-0.2, -0.15) is 0 Å². The molecule has 3 heterocycles. The summed E-state index contributed by atoms with van der Waals surface area (Å²) in [6, 6.07) is 14.1. The highest BCUT2D eigenvalue weighted by atomic mass is 35.5. The number of nitro benzene ring substituents is 1. The van der Waals surface area contributed by atoms with E-state index in [4.69, 9.17) is 20.8 Å². The molecule has 0 amide bonds. The summed E-state index contributed by atoms with van der Waals surface area (Å²) >= 11 is 7.24. The maximum absolute atomic E-state index is 13.6. The summed E-state index contributed by atoms with van der Waals surface area (Å²) in [7, 11) is 1.28. The number of aryl methyl sites for hydroxylation is 1. The lowest BCUT2D eigenvalue weighted by Crippen LogP contribution is -2.39. The van der Waals surface area contributed by atoms with Crippen molar-refractivity contribution >= 4 is 40.7 Å². The monoisotopic (exact) mass is 549 g/mol. The number of ether oxygens (including phenoxy) is 1. The molecular weight excluding hydrogens is 530 g/mol. The molecule has 1 atom stereocenters. The molecule has 2 aromatic carbocycles. The van der Waals surface area contributed by atoms with E-state index in [0.717, 1.165) is 16.9 Å². The summed E-state index contributed by atoms with van der Waals surface area (Å²) in [5, 5.41) is 11.7. The van der Waals surface area contributed by atoms with Crippen molar-refractivity contribution in [2.24, 2.45) is 4.99 Å². The molecule has 0 aliphatic carbocycles. The summed E-state index contributed by atoms with van der Waals surface area (Å²) in [5.74, 6) is 0.250. The van der Waals surface area contributed by atoms with Crippen LogP contribution in [0, 0.1) is 17.0 Å². The first-order chi connectivity index (χ1) is 18.2. The van der Waals surface area contributed by atoms with Gasteiger partial charge in [0.15, 0.2) is 4.80 Å². The molecule has 0 fully saturated rings. The van der Waals surface area contributed by atoms with Crippen molar-refractivity contribution in [1.29, 1.82) is 0 Å². The van der Waals surface area contributed by atoms with Gasteiger partial charge in [0, 0.05) is 28.8 Å². The van der Waals surface area contributed by atoms with E-state index >= 15 is 0 Å². The van der Waals surface area contributed by atoms with Crippen LogP contribution in [0.15, 0.2) is 80.1 Å². The molecule has 2 aromatic heterocycles. The Bertz CT molecular complexity index is 1810. The zero-order valence-electron chi connectivity index (χ0n) is 20.4. The van der Waals surface area contributed by atoms with Crippen molar-refractivity contribution in [2.45, 2.75) is 19.9 Å². The number of carbonyl (C=O) groups is 1. The first-order valence-electron chi connectivity index (χ1n) is 11.4. The van der Waals surface area contributed by atoms with Gasteiger partial charge in [-0.25, -0.2) is 9.79 Å². The second kappa shape index (κ2) is 9.88. The van der Waals surface area contributed by atoms with Crippen LogP contribution >= 0.6 is 22.9 Å². The average molecular weight is 550 g/mol. The van der Waals surface area contributed by atoms with Crippen LogP contribution in [0.25, 0.3) is 17.4 Å². The van der Waals surface area contributed by atoms with Gasteiger partial charge < -0.3 is 9.15 Å². The van der Waals surface area contributed by atoms with E-state index in [1.54, 1.807) is 55.5 Å². The van der Waals surface area contributed by atoms with Crippen molar-refractivity contribution < 1.29 is 18.9 Å². The van der Waals surface area contributed by atoms with E-state index in [9.17, 15) is 19.7 Å². The van der Waals surface area contributed by atoms with Gasteiger partial charge in [-0.3, -0.25) is 19.5 Å². The number of benzene rings is 2. The number of hydrogen-bond acceptors (Lipinski definition) is 8. The fourth-order valence-electron chi connectivity index (χ4n) is 4.35. The molecule has 0 spiro atoms. The zero-order chi connectivity index (χ0) is 27.1. The van der Waals surface area contributed by atoms with Crippen molar-refractivity contribution in [3.05, 3.63) is 118 Å². The summed E-state index contributed by atoms with van der Waals surface area (Å²) < 4.78 is 12.8. The number of non-ortho nitro benzene ring substituents is 1. The number of halogens is 1. The van der Waals surface area contributed by atoms with Crippen molar-refractivity contribution in [3.63, 3.8) is 0 Å². The van der Waals surface area contributed by atoms with Crippen LogP contribution in [0.3, 0.4) is 0 Å². The molecule has 0 unspecified atom stereocenters. The Morgan fingerprint density at radius 3 is 2.61 bits per heavy atom. The smallest absolute Gasteiger partial charge is 0.338 e. The summed E-state index contributed by atoms with van der Waals surface area (Å²) in [6.45, 7) is 3.53. The number of nitro groups is 1. The summed E-state index contributed by atoms with van der Waals surface area (Å²) in [4.78, 5) is 42.1. The van der Waals surface area contributed by atoms with E-state index in [2.05, 4.69) is 4.99 Å². The van der Waals surface area contributed by atoms with Crippen LogP contribution in [-0.2, 0) is 9.53 Å². The molecule has 0 radical (unpaired) electrons. The van der Waals surface area contributed by atoms with Gasteiger partial charge in [0.2, 0.25) is 0 Å². The summed E-state index contributed by atoms with van der Waals surface area (Å²) in [6.07, 6.45) is 1.59. The normalized spacial score (nSPS) is 15.3. The highest BCUT2D eigenvalue weighted by Crippen LogP contribution is 2.32. The second-order valence-electron chi connectivity index (χ2n) is 8.58. The number of thiazole rings is 1. The number of fused-ring (bicyclic) bond motifs is 1. The minimum atomic E-state index is -0.752. The van der Waals surface area contributed by atoms with Crippen LogP contribution in [0.5, 0.6) is 0 Å². The van der Waals surface area contributed by atoms with Gasteiger partial charge in [-0.05, 0) is 49.2 Å². The minimum Gasteiger partial charge on any atom is -0.466 e. The molecule has 5 rings (SSSR count). The number of aromatic nitrogens is 1. The lowest BCUT2D eigenvalue weighted by atomic mass is 9.96. The van der Waals surface area contributed by atoms with Crippen molar-refractivity contribution in [1.82, 2.24) is 4.57 Å². The Kier molecular flexibility index (Phi) is 6.60. The quantitative estimate of drug-likeness (QED) is 0.205. The van der Waals surface area contributed by atoms with E-state index < -0.39 is 16.9 Å². The van der Waals surface area contributed by atoms with Crippen LogP contribution in [0.2, 0.25) is 5.02 Å². The molecule has 0 bridgehead atoms. The Balaban J connectivity index is 1.63. The Hall–Kier alpha value is -4.28. The molecular formula is C27H20ClN3O6S. The van der Waals surface area contributed by atoms with E-state index in [-0.39, 0.29) is 16.8 Å². The van der Waals surface area contributed by atoms with E-state index in [0.29, 0.717) is 42.7 Å². The van der Waals surface area contributed by atoms with E-state index in [1.165, 1.54) is 23.8 Å². The third-order valence-electron chi connectivity index (χ3n) is 6.21. The molecule has 11 heteroatoms. The lowest BCUT2D eigenvalue weighted by Gasteiger charge is -2.24. The fourth-order valence-corrected chi connectivity index (χ4v) is 5.50. The molecule has 4 aromatic rings. The van der Waals surface area contributed by atoms with Gasteiger partial charge in [-0.15, -0.1) is 0 Å². The first kappa shape index (κ1) is 25.4. The largest absolute Gasteiger partial charge is 0.466 e. The highest BCUT2D eigenvalue weighted by molar-refractivity contribution is 7.07. The molecule has 9 nitrogen and oxygen atoms in total. The van der Waals surface area contributed by atoms with E-state index in [1.807, 2.05) is 6.92 Å². The Morgan fingerprint density at radius 2 is 1.92 bits per heavy atom. The Morgan fingerprint density at radius 1 is 1.18 bits per heavy atom. The number of esters is 1. The number of hydrogen-bond donors (Lipinski definition) is 0. The average Bonchev–Trinajstić information content (AvgIpc) is 3.47. The predicted octanol–water partition coefficient (Wildman–Crippen LogP) is 4.54. The standard InChI is InChI=1S/C27H20ClN3O6S/c1-14-4-9-18(31(34)35)12-20(14)21-11-10-19(37-21)13-22-25(32)30-24(16-5-7-17(28)8-6-16)23(26(33)36-3)15(2)29-27(30)38-22/h4-13,24H,1-3H3/b22-13-/t24-/m1/s1. The molecule has 0 N–H and O–H groups in total. The number of allylic oxidation sites excluding steroid dienone is 1. The second-order valence-corrected chi connectivity index (χ2v) is 10.0. The third kappa shape index (κ3) is 4.48. The molecule has 192 valence electrons. The minimum absolute atomic E-state index is 0.0455. The number of furan rings is 1. The van der Waals surface area contributed by atoms with Gasteiger partial charge in [0.1, 0.15) is 11.5 Å². The number of rotatable bonds is 5. The molecule has 1 aliphatic rings. The fraction of sp³-hybridized carbons (Fsp3) is 0.148. The van der Waals surface area contributed by atoms with Gasteiger partial charge in [0.25, 0.3) is 11.2 Å². The van der Waals surface area contributed by atoms with Crippen LogP contribution in [-0.4, -0.2) is 22.6 Å². The highest BCUT2D eigenvalue weighted by Gasteiger charge is 2.33. The maximum Gasteiger partial charge on any atom is 0.338 e. The van der Waals surface area contributed by atoms with Crippen LogP contribution < -0.4 is 14.9 Å². The topological polar surface area (TPSA) is 117 Å². The molecule has 0 saturated carbocycles. The van der Waals surface area contributed by atoms with Crippen molar-refractivity contribution in [2.75, 3.05) is 7.11 Å². The summed E-state index contributed by atoms with van der Waals surface area (Å²) in [5.41, 5.74) is 2.38.